The first-order valence-electron chi connectivity index (χ1n) is 11.6. The molecule has 0 aliphatic heterocycles. The van der Waals surface area contributed by atoms with Gasteiger partial charge in [0, 0.05) is 17.8 Å². The normalized spacial score (nSPS) is 12.6. The largest absolute Gasteiger partial charge is 0.443 e. The zero-order chi connectivity index (χ0) is 28.1. The molecule has 2 N–H and O–H groups in total. The van der Waals surface area contributed by atoms with Gasteiger partial charge in [-0.2, -0.15) is 0 Å². The van der Waals surface area contributed by atoms with Gasteiger partial charge in [0.1, 0.15) is 22.6 Å². The number of rotatable bonds is 4. The number of halogens is 1. The number of amides is 3. The number of carbonyl (C=O) groups excluding carboxylic acids is 3. The number of nitrogens with zero attached hydrogens (tertiary/aromatic N) is 3. The van der Waals surface area contributed by atoms with Crippen molar-refractivity contribution >= 4 is 29.9 Å². The van der Waals surface area contributed by atoms with Gasteiger partial charge in [-0.05, 0) is 87.4 Å². The molecule has 1 rings (SSSR count). The molecule has 1 aromatic rings. The average molecular weight is 511 g/mol. The third kappa shape index (κ3) is 10.5. The third-order valence-corrected chi connectivity index (χ3v) is 4.09. The van der Waals surface area contributed by atoms with Crippen LogP contribution >= 0.6 is 0 Å². The fourth-order valence-electron chi connectivity index (χ4n) is 2.77. The van der Waals surface area contributed by atoms with Crippen molar-refractivity contribution in [3.05, 3.63) is 29.6 Å². The summed E-state index contributed by atoms with van der Waals surface area (Å²) in [5.41, 5.74) is 3.85. The van der Waals surface area contributed by atoms with Crippen molar-refractivity contribution < 1.29 is 33.0 Å². The van der Waals surface area contributed by atoms with Crippen molar-refractivity contribution in [2.45, 2.75) is 92.6 Å². The molecule has 0 radical (unpaired) electrons. The van der Waals surface area contributed by atoms with Crippen LogP contribution in [0.2, 0.25) is 0 Å². The lowest BCUT2D eigenvalue weighted by atomic mass is 10.1. The molecule has 1 aromatic carbocycles. The first-order valence-corrected chi connectivity index (χ1v) is 11.6. The zero-order valence-electron chi connectivity index (χ0n) is 22.9. The van der Waals surface area contributed by atoms with E-state index in [4.69, 9.17) is 19.9 Å². The summed E-state index contributed by atoms with van der Waals surface area (Å²) in [6.45, 7) is 16.5. The van der Waals surface area contributed by atoms with Gasteiger partial charge in [-0.25, -0.2) is 23.7 Å². The summed E-state index contributed by atoms with van der Waals surface area (Å²) in [6, 6.07) is 4.00. The highest BCUT2D eigenvalue weighted by atomic mass is 19.1. The SMILES string of the molecule is CCN(C(N)=NC(=O)OC(C)(C)C)c1ccc(F)c(CN(C(=O)OC(C)(C)C)C(=O)OC(C)(C)C)c1. The van der Waals surface area contributed by atoms with Crippen molar-refractivity contribution in [3.63, 3.8) is 0 Å². The number of carbonyl (C=O) groups is 3. The van der Waals surface area contributed by atoms with Crippen LogP contribution in [0.15, 0.2) is 23.2 Å². The summed E-state index contributed by atoms with van der Waals surface area (Å²) >= 11 is 0. The maximum atomic E-state index is 14.8. The molecule has 0 heterocycles. The van der Waals surface area contributed by atoms with E-state index in [1.54, 1.807) is 69.2 Å². The average Bonchev–Trinajstić information content (AvgIpc) is 2.63. The van der Waals surface area contributed by atoms with Crippen LogP contribution in [0.1, 0.15) is 74.8 Å². The van der Waals surface area contributed by atoms with Crippen LogP contribution < -0.4 is 10.6 Å². The monoisotopic (exact) mass is 510 g/mol. The predicted molar refractivity (Wildman–Crippen MR) is 135 cm³/mol. The van der Waals surface area contributed by atoms with Gasteiger partial charge in [-0.3, -0.25) is 0 Å². The Morgan fingerprint density at radius 1 is 0.889 bits per heavy atom. The molecule has 3 amide bonds. The summed E-state index contributed by atoms with van der Waals surface area (Å²) in [5, 5.41) is 0. The second-order valence-electron chi connectivity index (χ2n) is 11.0. The highest BCUT2D eigenvalue weighted by Gasteiger charge is 2.32. The summed E-state index contributed by atoms with van der Waals surface area (Å²) in [6.07, 6.45) is -2.85. The van der Waals surface area contributed by atoms with E-state index >= 15 is 0 Å². The summed E-state index contributed by atoms with van der Waals surface area (Å²) in [7, 11) is 0. The summed E-state index contributed by atoms with van der Waals surface area (Å²) in [5.74, 6) is -0.838. The van der Waals surface area contributed by atoms with Crippen LogP contribution in [-0.4, -0.2) is 52.5 Å². The third-order valence-electron chi connectivity index (χ3n) is 4.09. The predicted octanol–water partition coefficient (Wildman–Crippen LogP) is 5.57. The van der Waals surface area contributed by atoms with Crippen LogP contribution in [0.3, 0.4) is 0 Å². The molecule has 0 bridgehead atoms. The van der Waals surface area contributed by atoms with Gasteiger partial charge < -0.3 is 24.8 Å². The molecular weight excluding hydrogens is 471 g/mol. The molecule has 0 atom stereocenters. The molecule has 0 aliphatic rings. The molecule has 0 saturated carbocycles. The van der Waals surface area contributed by atoms with E-state index < -0.39 is 47.4 Å². The molecule has 202 valence electrons. The van der Waals surface area contributed by atoms with Gasteiger partial charge in [-0.15, -0.1) is 4.99 Å². The molecule has 36 heavy (non-hydrogen) atoms. The molecule has 0 unspecified atom stereocenters. The fourth-order valence-corrected chi connectivity index (χ4v) is 2.77. The van der Waals surface area contributed by atoms with Gasteiger partial charge >= 0.3 is 18.3 Å². The second-order valence-corrected chi connectivity index (χ2v) is 11.0. The fraction of sp³-hybridized carbons (Fsp3) is 0.600. The molecule has 0 spiro atoms. The zero-order valence-corrected chi connectivity index (χ0v) is 22.9. The molecule has 0 aromatic heterocycles. The molecular formula is C25H39FN4O6. The van der Waals surface area contributed by atoms with Crippen molar-refractivity contribution in [3.8, 4) is 0 Å². The lowest BCUT2D eigenvalue weighted by molar-refractivity contribution is -0.000435. The first kappa shape index (κ1) is 30.7. The van der Waals surface area contributed by atoms with Gasteiger partial charge in [0.2, 0.25) is 5.96 Å². The number of imide groups is 1. The first-order chi connectivity index (χ1) is 16.2. The Labute approximate surface area is 212 Å². The molecule has 11 heteroatoms. The number of hydrogen-bond donors (Lipinski definition) is 1. The number of nitrogens with two attached hydrogens (primary N) is 1. The molecule has 10 nitrogen and oxygen atoms in total. The van der Waals surface area contributed by atoms with Crippen molar-refractivity contribution in [1.82, 2.24) is 4.90 Å². The van der Waals surface area contributed by atoms with E-state index in [1.165, 1.54) is 17.0 Å². The lowest BCUT2D eigenvalue weighted by Gasteiger charge is -2.29. The number of anilines is 1. The minimum absolute atomic E-state index is 0.00673. The lowest BCUT2D eigenvalue weighted by Crippen LogP contribution is -2.43. The number of hydrogen-bond acceptors (Lipinski definition) is 6. The van der Waals surface area contributed by atoms with Crippen LogP contribution in [0.25, 0.3) is 0 Å². The maximum Gasteiger partial charge on any atom is 0.437 e. The van der Waals surface area contributed by atoms with E-state index in [0.29, 0.717) is 10.6 Å². The second kappa shape index (κ2) is 11.6. The van der Waals surface area contributed by atoms with E-state index in [-0.39, 0.29) is 18.1 Å². The minimum Gasteiger partial charge on any atom is -0.443 e. The number of guanidine groups is 1. The summed E-state index contributed by atoms with van der Waals surface area (Å²) in [4.78, 5) is 43.6. The summed E-state index contributed by atoms with van der Waals surface area (Å²) < 4.78 is 30.6. The van der Waals surface area contributed by atoms with Crippen LogP contribution in [0.4, 0.5) is 24.5 Å². The Morgan fingerprint density at radius 3 is 1.78 bits per heavy atom. The Kier molecular flexibility index (Phi) is 9.86. The Bertz CT molecular complexity index is 962. The van der Waals surface area contributed by atoms with Crippen LogP contribution in [0, 0.1) is 5.82 Å². The highest BCUT2D eigenvalue weighted by Crippen LogP contribution is 2.23. The topological polar surface area (TPSA) is 124 Å². The van der Waals surface area contributed by atoms with E-state index in [9.17, 15) is 18.8 Å². The number of ether oxygens (including phenoxy) is 3. The Morgan fingerprint density at radius 2 is 1.36 bits per heavy atom. The molecule has 0 fully saturated rings. The van der Waals surface area contributed by atoms with Gasteiger partial charge in [0.15, 0.2) is 0 Å². The maximum absolute atomic E-state index is 14.8. The van der Waals surface area contributed by atoms with Crippen molar-refractivity contribution in [1.29, 1.82) is 0 Å². The standard InChI is InChI=1S/C25H39FN4O6/c1-11-29(19(27)28-20(31)34-23(2,3)4)17-12-13-18(26)16(14-17)15-30(21(32)35-24(5,6)7)22(33)36-25(8,9)10/h12-14H,11,15H2,1-10H3,(H2,27,28,31). The Balaban J connectivity index is 3.35. The molecule has 0 saturated heterocycles. The molecule has 0 aliphatic carbocycles. The van der Waals surface area contributed by atoms with E-state index in [2.05, 4.69) is 4.99 Å². The quantitative estimate of drug-likeness (QED) is 0.317. The van der Waals surface area contributed by atoms with Crippen LogP contribution in [-0.2, 0) is 20.8 Å². The van der Waals surface area contributed by atoms with Crippen LogP contribution in [0.5, 0.6) is 0 Å². The van der Waals surface area contributed by atoms with Crippen molar-refractivity contribution in [2.24, 2.45) is 10.7 Å². The van der Waals surface area contributed by atoms with Gasteiger partial charge in [0.25, 0.3) is 0 Å². The smallest absolute Gasteiger partial charge is 0.437 e. The van der Waals surface area contributed by atoms with E-state index in [1.807, 2.05) is 0 Å². The highest BCUT2D eigenvalue weighted by molar-refractivity contribution is 6.00. The van der Waals surface area contributed by atoms with Gasteiger partial charge in [-0.1, -0.05) is 0 Å². The van der Waals surface area contributed by atoms with Gasteiger partial charge in [0.05, 0.1) is 6.54 Å². The van der Waals surface area contributed by atoms with Crippen molar-refractivity contribution in [2.75, 3.05) is 11.4 Å². The Hall–Kier alpha value is -3.37. The van der Waals surface area contributed by atoms with E-state index in [0.717, 1.165) is 6.07 Å². The minimum atomic E-state index is -0.986. The number of benzene rings is 1. The number of aliphatic imine (C=N–C) groups is 1.